The summed E-state index contributed by atoms with van der Waals surface area (Å²) in [5.41, 5.74) is 4.90. The monoisotopic (exact) mass is 410 g/mol. The maximum Gasteiger partial charge on any atom is 0.409 e. The molecule has 1 N–H and O–H groups in total. The quantitative estimate of drug-likeness (QED) is 0.761. The molecule has 1 unspecified atom stereocenters. The van der Waals surface area contributed by atoms with E-state index in [-0.39, 0.29) is 12.0 Å². The van der Waals surface area contributed by atoms with Gasteiger partial charge in [0.15, 0.2) is 0 Å². The highest BCUT2D eigenvalue weighted by Crippen LogP contribution is 2.44. The Hall–Kier alpha value is -2.41. The average molecular weight is 411 g/mol. The topological polar surface area (TPSA) is 62.2 Å². The summed E-state index contributed by atoms with van der Waals surface area (Å²) < 4.78 is 11.0. The highest BCUT2D eigenvalue weighted by molar-refractivity contribution is 5.79. The number of hydrogen-bond acceptors (Lipinski definition) is 5. The van der Waals surface area contributed by atoms with Crippen molar-refractivity contribution in [3.05, 3.63) is 59.7 Å². The van der Waals surface area contributed by atoms with Crippen molar-refractivity contribution in [3.8, 4) is 11.1 Å². The maximum atomic E-state index is 12.7. The van der Waals surface area contributed by atoms with Gasteiger partial charge in [-0.3, -0.25) is 4.90 Å². The van der Waals surface area contributed by atoms with Gasteiger partial charge in [-0.05, 0) is 29.2 Å². The smallest absolute Gasteiger partial charge is 0.409 e. The van der Waals surface area contributed by atoms with Crippen molar-refractivity contribution in [1.82, 2.24) is 9.80 Å². The molecular weight excluding hydrogens is 380 g/mol. The molecule has 160 valence electrons. The normalized spacial score (nSPS) is 17.5. The van der Waals surface area contributed by atoms with E-state index in [1.165, 1.54) is 22.3 Å². The summed E-state index contributed by atoms with van der Waals surface area (Å²) in [7, 11) is 0. The fraction of sp³-hybridized carbons (Fsp3) is 0.458. The number of piperazine rings is 1. The zero-order valence-electron chi connectivity index (χ0n) is 17.5. The van der Waals surface area contributed by atoms with Gasteiger partial charge in [0.2, 0.25) is 0 Å². The van der Waals surface area contributed by atoms with Crippen molar-refractivity contribution in [2.45, 2.75) is 18.9 Å². The van der Waals surface area contributed by atoms with Gasteiger partial charge in [0.05, 0.1) is 12.7 Å². The van der Waals surface area contributed by atoms with E-state index < -0.39 is 6.10 Å². The molecule has 1 fully saturated rings. The van der Waals surface area contributed by atoms with E-state index >= 15 is 0 Å². The van der Waals surface area contributed by atoms with Crippen LogP contribution in [0.5, 0.6) is 0 Å². The molecule has 4 rings (SSSR count). The number of amides is 1. The van der Waals surface area contributed by atoms with Crippen LogP contribution in [0.25, 0.3) is 11.1 Å². The highest BCUT2D eigenvalue weighted by atomic mass is 16.6. The Kier molecular flexibility index (Phi) is 6.67. The minimum Gasteiger partial charge on any atom is -0.448 e. The van der Waals surface area contributed by atoms with Crippen LogP contribution in [-0.2, 0) is 9.47 Å². The first-order valence-corrected chi connectivity index (χ1v) is 10.8. The summed E-state index contributed by atoms with van der Waals surface area (Å²) in [6.07, 6.45) is -0.752. The first-order chi connectivity index (χ1) is 14.7. The van der Waals surface area contributed by atoms with Crippen molar-refractivity contribution in [2.24, 2.45) is 0 Å². The fourth-order valence-electron chi connectivity index (χ4n) is 4.40. The summed E-state index contributed by atoms with van der Waals surface area (Å²) in [5.74, 6) is 0.0800. The molecule has 1 aliphatic heterocycles. The molecule has 1 aliphatic carbocycles. The lowest BCUT2D eigenvalue weighted by atomic mass is 9.98. The van der Waals surface area contributed by atoms with Crippen LogP contribution in [0.1, 0.15) is 24.0 Å². The fourth-order valence-corrected chi connectivity index (χ4v) is 4.40. The lowest BCUT2D eigenvalue weighted by Gasteiger charge is -2.35. The van der Waals surface area contributed by atoms with E-state index in [0.29, 0.717) is 39.5 Å². The maximum absolute atomic E-state index is 12.7. The van der Waals surface area contributed by atoms with Crippen molar-refractivity contribution in [3.63, 3.8) is 0 Å². The minimum atomic E-state index is -0.494. The molecule has 2 aromatic rings. The summed E-state index contributed by atoms with van der Waals surface area (Å²) in [6, 6.07) is 16.7. The second kappa shape index (κ2) is 9.60. The number of benzene rings is 2. The molecule has 0 saturated carbocycles. The number of rotatable bonds is 7. The molecule has 0 radical (unpaired) electrons. The molecule has 2 aliphatic rings. The van der Waals surface area contributed by atoms with Gasteiger partial charge >= 0.3 is 6.09 Å². The molecule has 1 heterocycles. The molecule has 30 heavy (non-hydrogen) atoms. The second-order valence-corrected chi connectivity index (χ2v) is 7.90. The number of hydrogen-bond donors (Lipinski definition) is 1. The molecule has 0 bridgehead atoms. The standard InChI is InChI=1S/C24H30N2O4/c1-2-29-16-18(27)15-25-11-13-26(14-12-25)24(28)30-17-23-21-9-5-3-7-19(21)20-8-4-6-10-22(20)23/h3-10,18,23,27H,2,11-17H2,1H3. The number of carbonyl (C=O) groups excluding carboxylic acids is 1. The Balaban J connectivity index is 1.30. The molecule has 0 spiro atoms. The first-order valence-electron chi connectivity index (χ1n) is 10.8. The Labute approximate surface area is 178 Å². The van der Waals surface area contributed by atoms with Crippen LogP contribution in [0.3, 0.4) is 0 Å². The first kappa shape index (κ1) is 20.8. The largest absolute Gasteiger partial charge is 0.448 e. The number of nitrogens with zero attached hydrogens (tertiary/aromatic N) is 2. The van der Waals surface area contributed by atoms with Crippen LogP contribution in [0.15, 0.2) is 48.5 Å². The number of aliphatic hydroxyl groups excluding tert-OH is 1. The van der Waals surface area contributed by atoms with Gasteiger partial charge < -0.3 is 19.5 Å². The van der Waals surface area contributed by atoms with Gasteiger partial charge in [-0.2, -0.15) is 0 Å². The number of ether oxygens (including phenoxy) is 2. The summed E-state index contributed by atoms with van der Waals surface area (Å²) in [6.45, 7) is 6.46. The average Bonchev–Trinajstić information content (AvgIpc) is 3.10. The van der Waals surface area contributed by atoms with E-state index in [1.807, 2.05) is 19.1 Å². The van der Waals surface area contributed by atoms with Crippen LogP contribution >= 0.6 is 0 Å². The minimum absolute atomic E-state index is 0.0800. The summed E-state index contributed by atoms with van der Waals surface area (Å²) in [4.78, 5) is 16.6. The lowest BCUT2D eigenvalue weighted by Crippen LogP contribution is -2.51. The Morgan fingerprint density at radius 2 is 1.63 bits per heavy atom. The van der Waals surface area contributed by atoms with E-state index in [1.54, 1.807) is 4.90 Å². The summed E-state index contributed by atoms with van der Waals surface area (Å²) in [5, 5.41) is 10.0. The molecule has 1 atom stereocenters. The van der Waals surface area contributed by atoms with Crippen LogP contribution < -0.4 is 0 Å². The van der Waals surface area contributed by atoms with Crippen molar-refractivity contribution >= 4 is 6.09 Å². The van der Waals surface area contributed by atoms with E-state index in [0.717, 1.165) is 13.1 Å². The number of β-amino-alcohol motifs (C(OH)–C–C–N with tert-alkyl or cyclic N) is 1. The molecule has 6 heteroatoms. The molecular formula is C24H30N2O4. The van der Waals surface area contributed by atoms with Crippen molar-refractivity contribution in [2.75, 3.05) is 52.5 Å². The third-order valence-electron chi connectivity index (χ3n) is 5.95. The van der Waals surface area contributed by atoms with Crippen LogP contribution in [0.4, 0.5) is 4.79 Å². The van der Waals surface area contributed by atoms with Gasteiger partial charge in [0, 0.05) is 45.2 Å². The molecule has 1 saturated heterocycles. The Bertz CT molecular complexity index is 818. The third kappa shape index (κ3) is 4.51. The van der Waals surface area contributed by atoms with E-state index in [4.69, 9.17) is 9.47 Å². The Morgan fingerprint density at radius 1 is 1.03 bits per heavy atom. The van der Waals surface area contributed by atoms with Crippen LogP contribution in [0.2, 0.25) is 0 Å². The summed E-state index contributed by atoms with van der Waals surface area (Å²) >= 11 is 0. The van der Waals surface area contributed by atoms with Crippen LogP contribution in [-0.4, -0.2) is 79.6 Å². The van der Waals surface area contributed by atoms with Gasteiger partial charge in [-0.25, -0.2) is 4.79 Å². The SMILES string of the molecule is CCOCC(O)CN1CCN(C(=O)OCC2c3ccccc3-c3ccccc32)CC1. The molecule has 2 aromatic carbocycles. The van der Waals surface area contributed by atoms with Crippen molar-refractivity contribution in [1.29, 1.82) is 0 Å². The van der Waals surface area contributed by atoms with Gasteiger partial charge in [-0.1, -0.05) is 48.5 Å². The predicted octanol–water partition coefficient (Wildman–Crippen LogP) is 2.95. The predicted molar refractivity (Wildman–Crippen MR) is 116 cm³/mol. The van der Waals surface area contributed by atoms with Gasteiger partial charge in [0.1, 0.15) is 6.61 Å². The number of fused-ring (bicyclic) bond motifs is 3. The van der Waals surface area contributed by atoms with Gasteiger partial charge in [-0.15, -0.1) is 0 Å². The van der Waals surface area contributed by atoms with E-state index in [9.17, 15) is 9.90 Å². The zero-order chi connectivity index (χ0) is 20.9. The highest BCUT2D eigenvalue weighted by Gasteiger charge is 2.30. The van der Waals surface area contributed by atoms with Crippen LogP contribution in [0, 0.1) is 0 Å². The third-order valence-corrected chi connectivity index (χ3v) is 5.95. The molecule has 1 amide bonds. The lowest BCUT2D eigenvalue weighted by molar-refractivity contribution is 0.00977. The molecule has 6 nitrogen and oxygen atoms in total. The van der Waals surface area contributed by atoms with E-state index in [2.05, 4.69) is 41.3 Å². The van der Waals surface area contributed by atoms with Crippen molar-refractivity contribution < 1.29 is 19.4 Å². The van der Waals surface area contributed by atoms with Gasteiger partial charge in [0.25, 0.3) is 0 Å². The second-order valence-electron chi connectivity index (χ2n) is 7.90. The zero-order valence-corrected chi connectivity index (χ0v) is 17.5. The number of carbonyl (C=O) groups is 1. The Morgan fingerprint density at radius 3 is 2.23 bits per heavy atom. The number of aliphatic hydroxyl groups is 1. The molecule has 0 aromatic heterocycles.